The molecule has 0 saturated heterocycles. The standard InChI is InChI=1S/C30H23Cl2FN4O4/c1-2-40-25-14-17(31)13-22(32)26(25)27-20-8-3-4-9-23(20)35-30(39)28(36-27)37-29(38)21-15-18(33)10-11-24(21)41-16-19-7-5-6-12-34-19/h3-15,28H,2,16H2,1H3,(H,35,39)(H,37,38). The molecule has 0 aliphatic carbocycles. The van der Waals surface area contributed by atoms with E-state index >= 15 is 0 Å². The minimum absolute atomic E-state index is 0.0452. The Balaban J connectivity index is 1.53. The lowest BCUT2D eigenvalue weighted by molar-refractivity contribution is -0.117. The summed E-state index contributed by atoms with van der Waals surface area (Å²) in [6.45, 7) is 2.17. The molecule has 2 N–H and O–H groups in total. The Bertz CT molecular complexity index is 1650. The highest BCUT2D eigenvalue weighted by atomic mass is 35.5. The smallest absolute Gasteiger partial charge is 0.269 e. The topological polar surface area (TPSA) is 102 Å². The number of para-hydroxylation sites is 1. The largest absolute Gasteiger partial charge is 0.493 e. The molecule has 0 bridgehead atoms. The van der Waals surface area contributed by atoms with E-state index in [0.717, 1.165) is 6.07 Å². The number of nitrogens with one attached hydrogen (secondary N) is 2. The monoisotopic (exact) mass is 592 g/mol. The van der Waals surface area contributed by atoms with E-state index in [1.807, 2.05) is 6.92 Å². The van der Waals surface area contributed by atoms with Crippen molar-refractivity contribution in [2.45, 2.75) is 19.7 Å². The number of benzene rings is 3. The van der Waals surface area contributed by atoms with Crippen molar-refractivity contribution in [2.24, 2.45) is 4.99 Å². The first-order valence-electron chi connectivity index (χ1n) is 12.6. The summed E-state index contributed by atoms with van der Waals surface area (Å²) in [6, 6.07) is 19.0. The van der Waals surface area contributed by atoms with Crippen LogP contribution < -0.4 is 20.1 Å². The normalized spacial score (nSPS) is 14.3. The lowest BCUT2D eigenvalue weighted by Gasteiger charge is -2.17. The lowest BCUT2D eigenvalue weighted by Crippen LogP contribution is -2.42. The maximum Gasteiger partial charge on any atom is 0.269 e. The van der Waals surface area contributed by atoms with Crippen LogP contribution in [0.25, 0.3) is 0 Å². The quantitative estimate of drug-likeness (QED) is 0.259. The highest BCUT2D eigenvalue weighted by Crippen LogP contribution is 2.36. The van der Waals surface area contributed by atoms with E-state index < -0.39 is 23.8 Å². The van der Waals surface area contributed by atoms with Gasteiger partial charge in [-0.15, -0.1) is 0 Å². The molecular formula is C30H23Cl2FN4O4. The summed E-state index contributed by atoms with van der Waals surface area (Å²) in [5, 5.41) is 5.98. The van der Waals surface area contributed by atoms with Crippen LogP contribution >= 0.6 is 23.2 Å². The number of benzodiazepines with no additional fused rings is 1. The first-order chi connectivity index (χ1) is 19.8. The fourth-order valence-corrected chi connectivity index (χ4v) is 4.81. The molecule has 0 radical (unpaired) electrons. The maximum atomic E-state index is 14.3. The highest BCUT2D eigenvalue weighted by Gasteiger charge is 2.30. The van der Waals surface area contributed by atoms with Crippen LogP contribution in [0.4, 0.5) is 10.1 Å². The molecule has 8 nitrogen and oxygen atoms in total. The molecule has 1 unspecified atom stereocenters. The molecular weight excluding hydrogens is 570 g/mol. The van der Waals surface area contributed by atoms with Gasteiger partial charge in [-0.3, -0.25) is 14.6 Å². The van der Waals surface area contributed by atoms with Gasteiger partial charge in [0.05, 0.1) is 39.8 Å². The zero-order valence-electron chi connectivity index (χ0n) is 21.7. The summed E-state index contributed by atoms with van der Waals surface area (Å²) in [4.78, 5) is 35.6. The van der Waals surface area contributed by atoms with Gasteiger partial charge in [0, 0.05) is 16.8 Å². The number of aliphatic imine (C=N–C) groups is 1. The molecule has 2 heterocycles. The number of anilines is 1. The Hall–Kier alpha value is -4.47. The number of ether oxygens (including phenoxy) is 2. The summed E-state index contributed by atoms with van der Waals surface area (Å²) in [6.07, 6.45) is 0.192. The number of amides is 2. The molecule has 0 spiro atoms. The van der Waals surface area contributed by atoms with E-state index in [4.69, 9.17) is 32.7 Å². The lowest BCUT2D eigenvalue weighted by atomic mass is 9.99. The number of hydrogen-bond donors (Lipinski definition) is 2. The van der Waals surface area contributed by atoms with Gasteiger partial charge in [-0.25, -0.2) is 9.38 Å². The number of halogens is 3. The van der Waals surface area contributed by atoms with Crippen molar-refractivity contribution in [1.29, 1.82) is 0 Å². The Morgan fingerprint density at radius 3 is 2.61 bits per heavy atom. The fourth-order valence-electron chi connectivity index (χ4n) is 4.25. The third-order valence-corrected chi connectivity index (χ3v) is 6.57. The number of pyridine rings is 1. The number of fused-ring (bicyclic) bond motifs is 1. The molecule has 2 amide bonds. The summed E-state index contributed by atoms with van der Waals surface area (Å²) in [7, 11) is 0. The number of rotatable bonds is 8. The number of nitrogens with zero attached hydrogens (tertiary/aromatic N) is 2. The molecule has 0 fully saturated rings. The van der Waals surface area contributed by atoms with Crippen LogP contribution in [0.15, 0.2) is 84.0 Å². The van der Waals surface area contributed by atoms with Gasteiger partial charge in [-0.2, -0.15) is 0 Å². The average molecular weight is 593 g/mol. The van der Waals surface area contributed by atoms with Crippen molar-refractivity contribution < 1.29 is 23.5 Å². The van der Waals surface area contributed by atoms with E-state index in [1.165, 1.54) is 18.2 Å². The van der Waals surface area contributed by atoms with E-state index in [2.05, 4.69) is 20.6 Å². The zero-order chi connectivity index (χ0) is 28.9. The number of aromatic nitrogens is 1. The molecule has 11 heteroatoms. The van der Waals surface area contributed by atoms with Crippen molar-refractivity contribution in [2.75, 3.05) is 11.9 Å². The van der Waals surface area contributed by atoms with Gasteiger partial charge in [0.15, 0.2) is 0 Å². The molecule has 41 heavy (non-hydrogen) atoms. The Kier molecular flexibility index (Phi) is 8.47. The van der Waals surface area contributed by atoms with Crippen LogP contribution in [0.2, 0.25) is 10.0 Å². The second-order valence-corrected chi connectivity index (χ2v) is 9.68. The molecule has 208 valence electrons. The average Bonchev–Trinajstić information content (AvgIpc) is 3.08. The third kappa shape index (κ3) is 6.32. The van der Waals surface area contributed by atoms with Crippen molar-refractivity contribution >= 4 is 46.4 Å². The third-order valence-electron chi connectivity index (χ3n) is 6.06. The maximum absolute atomic E-state index is 14.3. The van der Waals surface area contributed by atoms with Crippen LogP contribution in [0, 0.1) is 5.82 Å². The Morgan fingerprint density at radius 2 is 1.83 bits per heavy atom. The van der Waals surface area contributed by atoms with Crippen molar-refractivity contribution in [3.05, 3.63) is 117 Å². The SMILES string of the molecule is CCOc1cc(Cl)cc(Cl)c1C1=NC(NC(=O)c2cc(F)ccc2OCc2ccccn2)C(=O)Nc2ccccc21. The van der Waals surface area contributed by atoms with Crippen molar-refractivity contribution in [1.82, 2.24) is 10.3 Å². The molecule has 1 aliphatic heterocycles. The first-order valence-corrected chi connectivity index (χ1v) is 13.3. The summed E-state index contributed by atoms with van der Waals surface area (Å²) in [5.74, 6) is -1.58. The van der Waals surface area contributed by atoms with Gasteiger partial charge >= 0.3 is 0 Å². The zero-order valence-corrected chi connectivity index (χ0v) is 23.2. The second-order valence-electron chi connectivity index (χ2n) is 8.83. The van der Waals surface area contributed by atoms with Gasteiger partial charge in [0.1, 0.15) is 23.9 Å². The van der Waals surface area contributed by atoms with Crippen LogP contribution in [-0.4, -0.2) is 35.3 Å². The molecule has 4 aromatic rings. The van der Waals surface area contributed by atoms with Crippen LogP contribution in [0.3, 0.4) is 0 Å². The summed E-state index contributed by atoms with van der Waals surface area (Å²) < 4.78 is 25.8. The van der Waals surface area contributed by atoms with Crippen molar-refractivity contribution in [3.63, 3.8) is 0 Å². The van der Waals surface area contributed by atoms with Gasteiger partial charge < -0.3 is 20.1 Å². The molecule has 1 aliphatic rings. The van der Waals surface area contributed by atoms with Gasteiger partial charge in [-0.05, 0) is 55.5 Å². The molecule has 5 rings (SSSR count). The summed E-state index contributed by atoms with van der Waals surface area (Å²) in [5.41, 5.74) is 2.18. The molecule has 3 aromatic carbocycles. The number of carbonyl (C=O) groups is 2. The van der Waals surface area contributed by atoms with E-state index in [1.54, 1.807) is 54.7 Å². The first kappa shape index (κ1) is 28.1. The Morgan fingerprint density at radius 1 is 1.02 bits per heavy atom. The van der Waals surface area contributed by atoms with Crippen LogP contribution in [0.5, 0.6) is 11.5 Å². The predicted octanol–water partition coefficient (Wildman–Crippen LogP) is 6.05. The highest BCUT2D eigenvalue weighted by molar-refractivity contribution is 6.39. The van der Waals surface area contributed by atoms with E-state index in [-0.39, 0.29) is 22.9 Å². The number of hydrogen-bond acceptors (Lipinski definition) is 6. The van der Waals surface area contributed by atoms with Gasteiger partial charge in [0.2, 0.25) is 6.17 Å². The van der Waals surface area contributed by atoms with Gasteiger partial charge in [-0.1, -0.05) is 47.5 Å². The Labute approximate surface area is 245 Å². The van der Waals surface area contributed by atoms with Crippen LogP contribution in [0.1, 0.15) is 34.1 Å². The second kappa shape index (κ2) is 12.4. The number of carbonyl (C=O) groups excluding carboxylic acids is 2. The summed E-state index contributed by atoms with van der Waals surface area (Å²) >= 11 is 12.9. The molecule has 1 atom stereocenters. The van der Waals surface area contributed by atoms with E-state index in [9.17, 15) is 14.0 Å². The minimum atomic E-state index is -1.42. The van der Waals surface area contributed by atoms with Crippen molar-refractivity contribution in [3.8, 4) is 11.5 Å². The fraction of sp³-hybridized carbons (Fsp3) is 0.133. The predicted molar refractivity (Wildman–Crippen MR) is 155 cm³/mol. The van der Waals surface area contributed by atoms with Crippen LogP contribution in [-0.2, 0) is 11.4 Å². The van der Waals surface area contributed by atoms with Gasteiger partial charge in [0.25, 0.3) is 11.8 Å². The molecule has 1 aromatic heterocycles. The molecule has 0 saturated carbocycles. The minimum Gasteiger partial charge on any atom is -0.493 e. The van der Waals surface area contributed by atoms with E-state index in [0.29, 0.717) is 45.6 Å².